The van der Waals surface area contributed by atoms with Crippen molar-refractivity contribution in [2.75, 3.05) is 26.2 Å². The first-order chi connectivity index (χ1) is 10.4. The standard InChI is InChI=1S/C13H17N3O5S.ClH/c1-15-11-3-2-10(6-12(11)21-13(15)17)22(18,19)16-4-5-20-9(7-14)8-16;/h2-3,6,9H,4-5,7-8,14H2,1H3;1H. The molecule has 1 aromatic carbocycles. The quantitative estimate of drug-likeness (QED) is 0.816. The van der Waals surface area contributed by atoms with Crippen LogP contribution < -0.4 is 11.5 Å². The third-order valence-corrected chi connectivity index (χ3v) is 5.63. The van der Waals surface area contributed by atoms with E-state index in [4.69, 9.17) is 14.9 Å². The molecule has 8 nitrogen and oxygen atoms in total. The average Bonchev–Trinajstić information content (AvgIpc) is 2.81. The molecule has 2 heterocycles. The van der Waals surface area contributed by atoms with E-state index in [1.54, 1.807) is 13.1 Å². The van der Waals surface area contributed by atoms with Crippen molar-refractivity contribution in [3.8, 4) is 0 Å². The van der Waals surface area contributed by atoms with E-state index in [0.717, 1.165) is 0 Å². The number of halogens is 1. The summed E-state index contributed by atoms with van der Waals surface area (Å²) in [5.41, 5.74) is 6.34. The number of rotatable bonds is 3. The van der Waals surface area contributed by atoms with Crippen LogP contribution in [0.25, 0.3) is 11.1 Å². The Morgan fingerprint density at radius 3 is 2.83 bits per heavy atom. The highest BCUT2D eigenvalue weighted by Crippen LogP contribution is 2.22. The van der Waals surface area contributed by atoms with Crippen molar-refractivity contribution in [3.05, 3.63) is 28.7 Å². The highest BCUT2D eigenvalue weighted by molar-refractivity contribution is 7.89. The molecule has 1 aromatic heterocycles. The van der Waals surface area contributed by atoms with Crippen LogP contribution in [0, 0.1) is 0 Å². The molecule has 1 aliphatic heterocycles. The van der Waals surface area contributed by atoms with Crippen molar-refractivity contribution in [1.82, 2.24) is 8.87 Å². The van der Waals surface area contributed by atoms with Crippen molar-refractivity contribution in [2.45, 2.75) is 11.0 Å². The molecule has 3 rings (SSSR count). The van der Waals surface area contributed by atoms with Gasteiger partial charge in [0, 0.05) is 32.7 Å². The molecule has 0 spiro atoms. The molecule has 0 saturated carbocycles. The van der Waals surface area contributed by atoms with Gasteiger partial charge in [0.25, 0.3) is 0 Å². The minimum absolute atomic E-state index is 0. The molecule has 0 amide bonds. The van der Waals surface area contributed by atoms with Gasteiger partial charge in [-0.3, -0.25) is 4.57 Å². The molecule has 1 unspecified atom stereocenters. The molecule has 1 saturated heterocycles. The van der Waals surface area contributed by atoms with E-state index in [2.05, 4.69) is 0 Å². The maximum Gasteiger partial charge on any atom is 0.419 e. The van der Waals surface area contributed by atoms with Crippen LogP contribution in [-0.2, 0) is 21.8 Å². The SMILES string of the molecule is Cl.Cn1c(=O)oc2cc(S(=O)(=O)N3CCOC(CN)C3)ccc21. The molecule has 1 atom stereocenters. The summed E-state index contributed by atoms with van der Waals surface area (Å²) in [5.74, 6) is -0.529. The van der Waals surface area contributed by atoms with E-state index in [1.807, 2.05) is 0 Å². The van der Waals surface area contributed by atoms with Gasteiger partial charge in [-0.15, -0.1) is 12.4 Å². The largest absolute Gasteiger partial charge is 0.419 e. The second-order valence-corrected chi connectivity index (χ2v) is 7.09. The molecule has 0 aliphatic carbocycles. The first-order valence-electron chi connectivity index (χ1n) is 6.85. The minimum atomic E-state index is -3.67. The van der Waals surface area contributed by atoms with E-state index in [9.17, 15) is 13.2 Å². The number of fused-ring (bicyclic) bond motifs is 1. The van der Waals surface area contributed by atoms with E-state index >= 15 is 0 Å². The van der Waals surface area contributed by atoms with Crippen LogP contribution in [0.1, 0.15) is 0 Å². The van der Waals surface area contributed by atoms with E-state index < -0.39 is 15.8 Å². The van der Waals surface area contributed by atoms with Crippen molar-refractivity contribution >= 4 is 33.5 Å². The number of hydrogen-bond acceptors (Lipinski definition) is 6. The van der Waals surface area contributed by atoms with Gasteiger partial charge in [0.2, 0.25) is 10.0 Å². The average molecular weight is 364 g/mol. The lowest BCUT2D eigenvalue weighted by atomic mass is 10.3. The van der Waals surface area contributed by atoms with Crippen LogP contribution in [0.3, 0.4) is 0 Å². The van der Waals surface area contributed by atoms with Gasteiger partial charge in [0.1, 0.15) is 0 Å². The predicted octanol–water partition coefficient (Wildman–Crippen LogP) is -0.0985. The summed E-state index contributed by atoms with van der Waals surface area (Å²) in [6.45, 7) is 1.06. The second kappa shape index (κ2) is 6.62. The zero-order chi connectivity index (χ0) is 15.9. The van der Waals surface area contributed by atoms with Crippen molar-refractivity contribution in [1.29, 1.82) is 0 Å². The highest BCUT2D eigenvalue weighted by Gasteiger charge is 2.30. The summed E-state index contributed by atoms with van der Waals surface area (Å²) in [4.78, 5) is 11.6. The molecular weight excluding hydrogens is 346 g/mol. The lowest BCUT2D eigenvalue weighted by Gasteiger charge is -2.31. The second-order valence-electron chi connectivity index (χ2n) is 5.15. The Labute approximate surface area is 139 Å². The van der Waals surface area contributed by atoms with E-state index in [1.165, 1.54) is 21.0 Å². The molecule has 2 N–H and O–H groups in total. The van der Waals surface area contributed by atoms with Crippen molar-refractivity contribution in [3.63, 3.8) is 0 Å². The Balaban J connectivity index is 0.00000192. The number of ether oxygens (including phenoxy) is 1. The maximum absolute atomic E-state index is 12.7. The molecule has 23 heavy (non-hydrogen) atoms. The van der Waals surface area contributed by atoms with Gasteiger partial charge >= 0.3 is 5.76 Å². The molecule has 2 aromatic rings. The van der Waals surface area contributed by atoms with Crippen LogP contribution in [0.15, 0.2) is 32.3 Å². The minimum Gasteiger partial charge on any atom is -0.408 e. The van der Waals surface area contributed by atoms with Gasteiger partial charge in [0.15, 0.2) is 5.58 Å². The van der Waals surface area contributed by atoms with Crippen molar-refractivity contribution < 1.29 is 17.6 Å². The van der Waals surface area contributed by atoms with Crippen LogP contribution in [0.2, 0.25) is 0 Å². The Morgan fingerprint density at radius 1 is 1.39 bits per heavy atom. The van der Waals surface area contributed by atoms with E-state index in [0.29, 0.717) is 12.1 Å². The first-order valence-corrected chi connectivity index (χ1v) is 8.29. The Bertz CT molecular complexity index is 860. The van der Waals surface area contributed by atoms with Crippen LogP contribution in [0.5, 0.6) is 0 Å². The summed E-state index contributed by atoms with van der Waals surface area (Å²) < 4.78 is 38.5. The zero-order valence-corrected chi connectivity index (χ0v) is 14.1. The molecular formula is C13H18ClN3O5S. The number of benzene rings is 1. The Kier molecular flexibility index (Phi) is 5.17. The van der Waals surface area contributed by atoms with Gasteiger partial charge in [-0.05, 0) is 12.1 Å². The van der Waals surface area contributed by atoms with Crippen LogP contribution >= 0.6 is 12.4 Å². The Hall–Kier alpha value is -1.39. The summed E-state index contributed by atoms with van der Waals surface area (Å²) in [5, 5.41) is 0. The molecule has 1 aliphatic rings. The van der Waals surface area contributed by atoms with Gasteiger partial charge < -0.3 is 14.9 Å². The lowest BCUT2D eigenvalue weighted by Crippen LogP contribution is -2.48. The zero-order valence-electron chi connectivity index (χ0n) is 12.5. The number of sulfonamides is 1. The number of aromatic nitrogens is 1. The molecule has 0 radical (unpaired) electrons. The fraction of sp³-hybridized carbons (Fsp3) is 0.462. The number of aryl methyl sites for hydroxylation is 1. The maximum atomic E-state index is 12.7. The smallest absolute Gasteiger partial charge is 0.408 e. The topological polar surface area (TPSA) is 108 Å². The third-order valence-electron chi connectivity index (χ3n) is 3.77. The summed E-state index contributed by atoms with van der Waals surface area (Å²) >= 11 is 0. The van der Waals surface area contributed by atoms with Gasteiger partial charge in [0.05, 0.1) is 23.1 Å². The predicted molar refractivity (Wildman–Crippen MR) is 86.3 cm³/mol. The fourth-order valence-corrected chi connectivity index (χ4v) is 3.95. The first kappa shape index (κ1) is 18.0. The number of oxazole rings is 1. The van der Waals surface area contributed by atoms with Gasteiger partial charge in [-0.25, -0.2) is 13.2 Å². The van der Waals surface area contributed by atoms with Crippen LogP contribution in [-0.4, -0.2) is 49.6 Å². The molecule has 10 heteroatoms. The Morgan fingerprint density at radius 2 is 2.13 bits per heavy atom. The number of nitrogens with zero attached hydrogens (tertiary/aromatic N) is 2. The molecule has 128 valence electrons. The monoisotopic (exact) mass is 363 g/mol. The van der Waals surface area contributed by atoms with Gasteiger partial charge in [-0.1, -0.05) is 0 Å². The molecule has 1 fully saturated rings. The molecule has 0 bridgehead atoms. The highest BCUT2D eigenvalue weighted by atomic mass is 35.5. The van der Waals surface area contributed by atoms with E-state index in [-0.39, 0.29) is 48.6 Å². The number of morpholine rings is 1. The van der Waals surface area contributed by atoms with Crippen LogP contribution in [0.4, 0.5) is 0 Å². The summed E-state index contributed by atoms with van der Waals surface area (Å²) in [6, 6.07) is 4.41. The normalized spacial score (nSPS) is 19.7. The summed E-state index contributed by atoms with van der Waals surface area (Å²) in [7, 11) is -2.11. The number of hydrogen-bond donors (Lipinski definition) is 1. The number of nitrogens with two attached hydrogens (primary N) is 1. The lowest BCUT2D eigenvalue weighted by molar-refractivity contribution is 0.00451. The third kappa shape index (κ3) is 3.15. The fourth-order valence-electron chi connectivity index (χ4n) is 2.48. The summed E-state index contributed by atoms with van der Waals surface area (Å²) in [6.07, 6.45) is -0.304. The van der Waals surface area contributed by atoms with Gasteiger partial charge in [-0.2, -0.15) is 4.31 Å². The van der Waals surface area contributed by atoms with Crippen molar-refractivity contribution in [2.24, 2.45) is 12.8 Å².